The number of nitrogens with one attached hydrogen (secondary N) is 3. The normalized spacial score (nSPS) is 20.4. The van der Waals surface area contributed by atoms with Crippen LogP contribution in [-0.2, 0) is 45.1 Å². The fraction of sp³-hybridized carbons (Fsp3) is 0.473. The van der Waals surface area contributed by atoms with E-state index in [-0.39, 0.29) is 61.4 Å². The molecule has 4 bridgehead atoms. The van der Waals surface area contributed by atoms with Crippen molar-refractivity contribution in [1.82, 2.24) is 91.1 Å². The minimum atomic E-state index is -0.807. The monoisotopic (exact) mass is 2100 g/mol. The van der Waals surface area contributed by atoms with Crippen molar-refractivity contribution in [2.75, 3.05) is 161 Å². The van der Waals surface area contributed by atoms with Gasteiger partial charge in [-0.25, -0.2) is 9.97 Å². The van der Waals surface area contributed by atoms with Gasteiger partial charge in [-0.15, -0.1) is 43.1 Å². The number of benzene rings is 4. The number of thiazole rings is 2. The molecule has 8 fully saturated rings. The zero-order valence-electron chi connectivity index (χ0n) is 85.2. The van der Waals surface area contributed by atoms with E-state index in [4.69, 9.17) is 40.0 Å². The number of nitrogens with two attached hydrogens (primary N) is 2. The smallest absolute Gasteiger partial charge is 0.254 e. The topological polar surface area (TPSA) is 400 Å². The van der Waals surface area contributed by atoms with Gasteiger partial charge in [0.25, 0.3) is 11.8 Å². The number of ether oxygens (including phenoxy) is 2. The molecule has 8 aliphatic heterocycles. The molecule has 8 saturated heterocycles. The SMILES string of the molecule is Cc1ccccc1-c1cc(N2CC3CCC(C2)N3c2ccnc(CCCN3CCN(CCOc4cc(C(C(=O)N5C[C@H](O)C[C@H]5C(=O)NCc5ccc(-c6scnc6C)cc5)C(C)C)on4)CC3)c2)c(N)nn1.Cc1ccccc1-c1cc(N2CC3CCC(C2)N3c2ccnc(CCCN3CCNCC3)c2)c(N)nn1.Cc1ncsc1-c1ccc(CNC(=O)[C@@H]2C[C@@H](O)CN2C(=O)C(c2cc(OCCBr)no2)C(C)C)cc1. The van der Waals surface area contributed by atoms with Gasteiger partial charge in [0.05, 0.1) is 73.7 Å². The molecule has 20 rings (SSSR count). The number of aromatic nitrogens is 10. The lowest BCUT2D eigenvalue weighted by Gasteiger charge is -2.43. The lowest BCUT2D eigenvalue weighted by Crippen LogP contribution is -2.54. The molecule has 9 N–H and O–H groups in total. The highest BCUT2D eigenvalue weighted by Crippen LogP contribution is 2.44. The molecule has 0 saturated carbocycles. The predicted molar refractivity (Wildman–Crippen MR) is 577 cm³/mol. The first-order valence-corrected chi connectivity index (χ1v) is 54.8. The van der Waals surface area contributed by atoms with Gasteiger partial charge in [-0.3, -0.25) is 34.0 Å². The van der Waals surface area contributed by atoms with Crippen molar-refractivity contribution >= 4 is 96.6 Å². The number of nitrogen functional groups attached to an aromatic ring is 2. The van der Waals surface area contributed by atoms with E-state index < -0.39 is 36.1 Å². The standard InChI is InChI=1S/C55H68N12O5S.C29H38N8.C26H31BrN4O5S/c1-35(2)51(55(70)66-33-44(68)27-48(66)54(69)58-30-38-11-13-39(14-12-38)52-37(4)59-34-73-52)49-29-50(62-72-49)71-25-24-64-22-20-63(21-23-64)19-7-9-40-26-41(17-18-57-40)67-42-15-16-43(67)32-65(31-42)47-28-46(60-61-53(47)56)45-10-6-5-8-36(45)3;1-21-5-2-3-7-26(21)27-18-28(29(30)34-33-27)36-19-24-8-9-25(20-36)37(24)23-10-11-32-22(17-23)6-4-14-35-15-12-31-13-16-35;1-15(2)23(21-11-22(30-36-21)35-9-8-27)26(34)31-13-19(32)10-20(31)25(33)28-12-17-4-6-18(7-5-17)24-16(3)29-14-37-24/h5-6,8,10-14,17-18,26,28-29,34-35,42-44,48,51,68H,7,9,15-16,19-25,27,30-33H2,1-4H3,(H2,56,61)(H,58,69);2-3,5,7,10-11,17-18,24-25,31H,4,6,8-9,12-16,19-20H2,1H3,(H2,30,34);4-7,11,14-15,19-20,23,32H,8-10,12-13H2,1-3H3,(H,28,33)/t42?,43?,44-,48+,51?;;19-,20+,23?/m1.1/s1. The van der Waals surface area contributed by atoms with Crippen molar-refractivity contribution in [3.8, 4) is 55.2 Å². The van der Waals surface area contributed by atoms with Gasteiger partial charge in [0.1, 0.15) is 30.5 Å². The first-order valence-electron chi connectivity index (χ1n) is 51.9. The number of nitrogens with zero attached hydrogens (tertiary/aromatic N) is 19. The van der Waals surface area contributed by atoms with E-state index in [0.29, 0.717) is 90.7 Å². The number of amides is 4. The minimum Gasteiger partial charge on any atom is -0.475 e. The van der Waals surface area contributed by atoms with E-state index in [0.717, 1.165) is 220 Å². The van der Waals surface area contributed by atoms with Crippen molar-refractivity contribution < 1.29 is 47.9 Å². The number of carbonyl (C=O) groups is 4. The van der Waals surface area contributed by atoms with Crippen LogP contribution in [0.4, 0.5) is 34.4 Å². The molecule has 12 aromatic rings. The second-order valence-corrected chi connectivity index (χ2v) is 43.1. The van der Waals surface area contributed by atoms with Crippen LogP contribution in [-0.4, -0.2) is 287 Å². The summed E-state index contributed by atoms with van der Waals surface area (Å²) in [6.07, 6.45) is 11.6. The summed E-state index contributed by atoms with van der Waals surface area (Å²) in [6, 6.07) is 49.2. The number of alkyl halides is 1. The van der Waals surface area contributed by atoms with Crippen LogP contribution in [0, 0.1) is 39.5 Å². The van der Waals surface area contributed by atoms with Crippen LogP contribution >= 0.6 is 38.6 Å². The average molecular weight is 2100 g/mol. The van der Waals surface area contributed by atoms with Gasteiger partial charge in [0.15, 0.2) is 23.2 Å². The molecule has 34 nitrogen and oxygen atoms in total. The number of aryl methyl sites for hydroxylation is 6. The Hall–Kier alpha value is -12.5. The molecule has 8 aliphatic rings. The van der Waals surface area contributed by atoms with E-state index in [9.17, 15) is 29.4 Å². The van der Waals surface area contributed by atoms with E-state index in [2.05, 4.69) is 187 Å². The molecule has 0 aliphatic carbocycles. The number of anilines is 6. The van der Waals surface area contributed by atoms with Crippen LogP contribution in [0.2, 0.25) is 0 Å². The van der Waals surface area contributed by atoms with Gasteiger partial charge in [0.2, 0.25) is 23.6 Å². The maximum absolute atomic E-state index is 14.2. The summed E-state index contributed by atoms with van der Waals surface area (Å²) in [5, 5.41) is 56.7. The van der Waals surface area contributed by atoms with Crippen LogP contribution in [0.1, 0.15) is 147 Å². The van der Waals surface area contributed by atoms with Crippen LogP contribution in [0.25, 0.3) is 43.4 Å². The lowest BCUT2D eigenvalue weighted by molar-refractivity contribution is -0.141. The van der Waals surface area contributed by atoms with Gasteiger partial charge in [-0.1, -0.05) is 141 Å². The van der Waals surface area contributed by atoms with Crippen molar-refractivity contribution in [1.29, 1.82) is 0 Å². The molecule has 4 amide bonds. The van der Waals surface area contributed by atoms with Gasteiger partial charge >= 0.3 is 0 Å². The first kappa shape index (κ1) is 104. The molecular weight excluding hydrogens is 1960 g/mol. The number of piperazine rings is 4. The van der Waals surface area contributed by atoms with Gasteiger partial charge in [-0.05, 0) is 184 Å². The number of aliphatic hydroxyl groups excluding tert-OH is 2. The Balaban J connectivity index is 0.000000160. The summed E-state index contributed by atoms with van der Waals surface area (Å²) in [4.78, 5) is 95.4. The maximum Gasteiger partial charge on any atom is 0.254 e. The van der Waals surface area contributed by atoms with Crippen LogP contribution in [0.5, 0.6) is 11.8 Å². The number of carbonyl (C=O) groups excluding carboxylic acids is 4. The van der Waals surface area contributed by atoms with Crippen LogP contribution in [0.3, 0.4) is 0 Å². The van der Waals surface area contributed by atoms with Crippen molar-refractivity contribution in [2.24, 2.45) is 11.8 Å². The molecule has 0 radical (unpaired) electrons. The van der Waals surface area contributed by atoms with Crippen molar-refractivity contribution in [3.05, 3.63) is 226 Å². The largest absolute Gasteiger partial charge is 0.475 e. The lowest BCUT2D eigenvalue weighted by atomic mass is 9.91. The third-order valence-electron chi connectivity index (χ3n) is 29.8. The zero-order valence-corrected chi connectivity index (χ0v) is 88.4. The Morgan fingerprint density at radius 3 is 1.31 bits per heavy atom. The second kappa shape index (κ2) is 48.7. The summed E-state index contributed by atoms with van der Waals surface area (Å²) in [5.74, 6) is -0.406. The molecule has 776 valence electrons. The van der Waals surface area contributed by atoms with E-state index in [1.54, 1.807) is 34.8 Å². The number of β-amino-alcohol motifs (C(OH)–C–C–N with tert-alkyl or cyclic N) is 2. The summed E-state index contributed by atoms with van der Waals surface area (Å²) in [6.45, 7) is 32.5. The maximum atomic E-state index is 14.2. The van der Waals surface area contributed by atoms with Gasteiger partial charge < -0.3 is 95.3 Å². The van der Waals surface area contributed by atoms with Crippen molar-refractivity contribution in [2.45, 2.75) is 193 Å². The number of fused-ring (bicyclic) bond motifs is 4. The van der Waals surface area contributed by atoms with E-state index in [1.165, 1.54) is 50.8 Å². The highest BCUT2D eigenvalue weighted by Gasteiger charge is 2.48. The van der Waals surface area contributed by atoms with Gasteiger partial charge in [0, 0.05) is 212 Å². The third kappa shape index (κ3) is 25.4. The Bertz CT molecular complexity index is 6410. The average Bonchev–Trinajstić information content (AvgIpc) is 1.66. The highest BCUT2D eigenvalue weighted by molar-refractivity contribution is 9.09. The Morgan fingerprint density at radius 1 is 0.497 bits per heavy atom. The molecule has 10 atom stereocenters. The summed E-state index contributed by atoms with van der Waals surface area (Å²) in [7, 11) is 0. The fourth-order valence-corrected chi connectivity index (χ4v) is 23.9. The van der Waals surface area contributed by atoms with Crippen LogP contribution in [0.15, 0.2) is 178 Å². The zero-order chi connectivity index (χ0) is 102. The molecular formula is C110H137BrN24O10S2. The number of hydrogen-bond acceptors (Lipinski definition) is 32. The first-order chi connectivity index (χ1) is 71.4. The molecule has 37 heteroatoms. The molecule has 4 aromatic carbocycles. The number of rotatable bonds is 35. The Kier molecular flexibility index (Phi) is 34.6. The third-order valence-corrected chi connectivity index (χ3v) is 32.1. The molecule has 16 heterocycles. The van der Waals surface area contributed by atoms with E-state index in [1.807, 2.05) is 132 Å². The number of likely N-dealkylation sites (tertiary alicyclic amines) is 2. The Labute approximate surface area is 876 Å². The fourth-order valence-electron chi connectivity index (χ4n) is 22.1. The molecule has 0 spiro atoms. The summed E-state index contributed by atoms with van der Waals surface area (Å²) < 4.78 is 22.7. The van der Waals surface area contributed by atoms with E-state index >= 15 is 0 Å². The summed E-state index contributed by atoms with van der Waals surface area (Å²) in [5.41, 5.74) is 35.7. The Morgan fingerprint density at radius 2 is 0.905 bits per heavy atom. The van der Waals surface area contributed by atoms with Gasteiger partial charge in [-0.2, -0.15) is 0 Å². The molecule has 147 heavy (non-hydrogen) atoms. The minimum absolute atomic E-state index is 0.0688. The number of aliphatic hydroxyl groups is 2. The number of pyridine rings is 2. The number of halogens is 1. The van der Waals surface area contributed by atoms with Crippen molar-refractivity contribution in [3.63, 3.8) is 0 Å². The molecule has 8 aromatic heterocycles. The second-order valence-electron chi connectivity index (χ2n) is 40.6. The molecule has 6 unspecified atom stereocenters. The predicted octanol–water partition coefficient (Wildman–Crippen LogP) is 13.4. The quantitative estimate of drug-likeness (QED) is 0.0181. The summed E-state index contributed by atoms with van der Waals surface area (Å²) >= 11 is 6.48. The highest BCUT2D eigenvalue weighted by atomic mass is 79.9. The van der Waals surface area contributed by atoms with Crippen LogP contribution < -0.4 is 56.5 Å². The number of hydrogen-bond donors (Lipinski definition) is 7.